The van der Waals surface area contributed by atoms with Crippen LogP contribution in [0, 0.1) is 11.6 Å². The van der Waals surface area contributed by atoms with E-state index in [-0.39, 0.29) is 11.1 Å². The van der Waals surface area contributed by atoms with E-state index in [1.54, 1.807) is 18.7 Å². The van der Waals surface area contributed by atoms with Crippen molar-refractivity contribution in [3.05, 3.63) is 57.5 Å². The Bertz CT molecular complexity index is 736. The molecular weight excluding hydrogens is 318 g/mol. The van der Waals surface area contributed by atoms with E-state index in [0.29, 0.717) is 16.1 Å². The number of rotatable bonds is 4. The van der Waals surface area contributed by atoms with Gasteiger partial charge in [0, 0.05) is 22.8 Å². The first-order chi connectivity index (χ1) is 11.0. The van der Waals surface area contributed by atoms with Crippen LogP contribution in [0.25, 0.3) is 0 Å². The van der Waals surface area contributed by atoms with Crippen LogP contribution in [0.3, 0.4) is 0 Å². The van der Waals surface area contributed by atoms with Crippen LogP contribution in [-0.2, 0) is 0 Å². The van der Waals surface area contributed by atoms with Crippen LogP contribution >= 0.6 is 11.8 Å². The molecule has 23 heavy (non-hydrogen) atoms. The first kappa shape index (κ1) is 16.2. The highest BCUT2D eigenvalue weighted by Gasteiger charge is 2.22. The fraction of sp³-hybridized carbons (Fsp3) is 0.412. The van der Waals surface area contributed by atoms with Crippen LogP contribution in [0.2, 0.25) is 0 Å². The number of hydrogen-bond donors (Lipinski definition) is 1. The lowest BCUT2D eigenvalue weighted by Gasteiger charge is -2.15. The summed E-state index contributed by atoms with van der Waals surface area (Å²) in [6.07, 6.45) is 4.60. The third kappa shape index (κ3) is 3.63. The number of halogens is 2. The maximum absolute atomic E-state index is 14.0. The largest absolute Gasteiger partial charge is 0.301 e. The summed E-state index contributed by atoms with van der Waals surface area (Å²) >= 11 is 1.55. The monoisotopic (exact) mass is 336 g/mol. The molecule has 1 atom stereocenters. The van der Waals surface area contributed by atoms with Gasteiger partial charge in [0.2, 0.25) is 0 Å². The second kappa shape index (κ2) is 6.83. The van der Waals surface area contributed by atoms with E-state index in [1.165, 1.54) is 37.1 Å². The van der Waals surface area contributed by atoms with Crippen molar-refractivity contribution in [2.75, 3.05) is 0 Å². The average Bonchev–Trinajstić information content (AvgIpc) is 2.99. The lowest BCUT2D eigenvalue weighted by molar-refractivity contribution is 0.543. The van der Waals surface area contributed by atoms with Gasteiger partial charge in [-0.25, -0.2) is 13.8 Å². The minimum absolute atomic E-state index is 0.0533. The van der Waals surface area contributed by atoms with Crippen molar-refractivity contribution < 1.29 is 8.78 Å². The Balaban J connectivity index is 1.92. The van der Waals surface area contributed by atoms with Gasteiger partial charge in [0.25, 0.3) is 5.56 Å². The molecule has 6 heteroatoms. The lowest BCUT2D eigenvalue weighted by Crippen LogP contribution is -2.14. The molecule has 1 saturated carbocycles. The summed E-state index contributed by atoms with van der Waals surface area (Å²) in [5.41, 5.74) is 0.0414. The van der Waals surface area contributed by atoms with Crippen LogP contribution in [-0.4, -0.2) is 15.2 Å². The maximum Gasteiger partial charge on any atom is 0.251 e. The highest BCUT2D eigenvalue weighted by atomic mass is 32.2. The molecule has 0 aliphatic heterocycles. The van der Waals surface area contributed by atoms with Crippen molar-refractivity contribution in [1.29, 1.82) is 0 Å². The van der Waals surface area contributed by atoms with Gasteiger partial charge in [-0.1, -0.05) is 37.6 Å². The predicted molar refractivity (Wildman–Crippen MR) is 86.8 cm³/mol. The summed E-state index contributed by atoms with van der Waals surface area (Å²) in [4.78, 5) is 19.0. The molecule has 1 heterocycles. The number of nitrogens with zero attached hydrogens (tertiary/aromatic N) is 1. The topological polar surface area (TPSA) is 45.8 Å². The first-order valence-electron chi connectivity index (χ1n) is 7.76. The van der Waals surface area contributed by atoms with Gasteiger partial charge >= 0.3 is 0 Å². The second-order valence-electron chi connectivity index (χ2n) is 5.86. The smallest absolute Gasteiger partial charge is 0.251 e. The van der Waals surface area contributed by atoms with Crippen LogP contribution in [0.4, 0.5) is 8.78 Å². The van der Waals surface area contributed by atoms with Gasteiger partial charge in [-0.2, -0.15) is 0 Å². The highest BCUT2D eigenvalue weighted by Crippen LogP contribution is 2.33. The van der Waals surface area contributed by atoms with Gasteiger partial charge in [-0.3, -0.25) is 4.79 Å². The van der Waals surface area contributed by atoms with Crippen molar-refractivity contribution in [1.82, 2.24) is 9.97 Å². The number of hydrogen-bond acceptors (Lipinski definition) is 3. The molecule has 1 unspecified atom stereocenters. The number of aromatic nitrogens is 2. The summed E-state index contributed by atoms with van der Waals surface area (Å²) in [6.45, 7) is 1.66. The summed E-state index contributed by atoms with van der Waals surface area (Å²) in [6, 6.07) is 5.08. The number of benzene rings is 1. The zero-order valence-corrected chi connectivity index (χ0v) is 13.6. The molecule has 1 aliphatic rings. The molecule has 2 aromatic rings. The average molecular weight is 336 g/mol. The van der Waals surface area contributed by atoms with Crippen molar-refractivity contribution >= 4 is 11.8 Å². The van der Waals surface area contributed by atoms with E-state index in [9.17, 15) is 13.6 Å². The third-order valence-corrected chi connectivity index (χ3v) is 5.42. The fourth-order valence-electron chi connectivity index (χ4n) is 2.97. The molecule has 0 spiro atoms. The van der Waals surface area contributed by atoms with Crippen LogP contribution in [0.15, 0.2) is 34.2 Å². The Labute approximate surface area is 137 Å². The molecule has 122 valence electrons. The number of thioether (sulfide) groups is 1. The minimum atomic E-state index is -0.624. The number of nitrogens with one attached hydrogen (secondary N) is 1. The Morgan fingerprint density at radius 3 is 2.57 bits per heavy atom. The quantitative estimate of drug-likeness (QED) is 0.850. The standard InChI is InChI=1S/C17H18F2N2OS/c1-10(16-12(18)7-4-8-13(16)19)14-9-15(22)21-17(20-14)23-11-5-2-3-6-11/h4,7-11H,2-3,5-6H2,1H3,(H,20,21,22). The molecule has 1 aromatic carbocycles. The number of H-pyrrole nitrogens is 1. The summed E-state index contributed by atoms with van der Waals surface area (Å²) in [5.74, 6) is -1.87. The lowest BCUT2D eigenvalue weighted by atomic mass is 9.96. The molecule has 1 aromatic heterocycles. The van der Waals surface area contributed by atoms with E-state index < -0.39 is 17.6 Å². The Morgan fingerprint density at radius 2 is 1.91 bits per heavy atom. The van der Waals surface area contributed by atoms with Gasteiger partial charge in [0.05, 0.1) is 5.69 Å². The fourth-order valence-corrected chi connectivity index (χ4v) is 4.17. The maximum atomic E-state index is 14.0. The van der Waals surface area contributed by atoms with Crippen molar-refractivity contribution in [3.63, 3.8) is 0 Å². The van der Waals surface area contributed by atoms with Crippen LogP contribution in [0.5, 0.6) is 0 Å². The molecule has 1 fully saturated rings. The van der Waals surface area contributed by atoms with Crippen molar-refractivity contribution in [3.8, 4) is 0 Å². The Kier molecular flexibility index (Phi) is 4.80. The predicted octanol–water partition coefficient (Wildman–Crippen LogP) is 4.23. The van der Waals surface area contributed by atoms with Crippen molar-refractivity contribution in [2.24, 2.45) is 0 Å². The summed E-state index contributed by atoms with van der Waals surface area (Å²) in [5, 5.41) is 0.983. The number of aromatic amines is 1. The van der Waals surface area contributed by atoms with Crippen LogP contribution in [0.1, 0.15) is 49.8 Å². The molecule has 0 amide bonds. The van der Waals surface area contributed by atoms with E-state index in [2.05, 4.69) is 9.97 Å². The Hall–Kier alpha value is -1.69. The minimum Gasteiger partial charge on any atom is -0.301 e. The van der Waals surface area contributed by atoms with Gasteiger partial charge in [-0.05, 0) is 25.0 Å². The van der Waals surface area contributed by atoms with Crippen molar-refractivity contribution in [2.45, 2.75) is 48.9 Å². The molecule has 1 aliphatic carbocycles. The van der Waals surface area contributed by atoms with Gasteiger partial charge in [0.15, 0.2) is 5.16 Å². The molecule has 0 radical (unpaired) electrons. The third-order valence-electron chi connectivity index (χ3n) is 4.20. The zero-order chi connectivity index (χ0) is 16.4. The Morgan fingerprint density at radius 1 is 1.26 bits per heavy atom. The molecule has 0 bridgehead atoms. The second-order valence-corrected chi connectivity index (χ2v) is 7.15. The van der Waals surface area contributed by atoms with E-state index in [4.69, 9.17) is 0 Å². The van der Waals surface area contributed by atoms with E-state index in [0.717, 1.165) is 12.8 Å². The molecule has 0 saturated heterocycles. The highest BCUT2D eigenvalue weighted by molar-refractivity contribution is 7.99. The van der Waals surface area contributed by atoms with Gasteiger partial charge in [-0.15, -0.1) is 0 Å². The van der Waals surface area contributed by atoms with Gasteiger partial charge in [0.1, 0.15) is 11.6 Å². The molecule has 3 rings (SSSR count). The normalized spacial score (nSPS) is 16.7. The van der Waals surface area contributed by atoms with E-state index in [1.807, 2.05) is 0 Å². The zero-order valence-electron chi connectivity index (χ0n) is 12.8. The first-order valence-corrected chi connectivity index (χ1v) is 8.64. The van der Waals surface area contributed by atoms with E-state index >= 15 is 0 Å². The molecule has 3 nitrogen and oxygen atoms in total. The molecular formula is C17H18F2N2OS. The van der Waals surface area contributed by atoms with Gasteiger partial charge < -0.3 is 4.98 Å². The molecule has 1 N–H and O–H groups in total. The summed E-state index contributed by atoms with van der Waals surface area (Å²) in [7, 11) is 0. The summed E-state index contributed by atoms with van der Waals surface area (Å²) < 4.78 is 27.9. The van der Waals surface area contributed by atoms with Crippen LogP contribution < -0.4 is 5.56 Å². The SMILES string of the molecule is CC(c1cc(=O)[nH]c(SC2CCCC2)n1)c1c(F)cccc1F.